The Hall–Kier alpha value is -2.63. The molecule has 0 spiro atoms. The summed E-state index contributed by atoms with van der Waals surface area (Å²) in [4.78, 5) is 38.1. The average molecular weight is 926 g/mol. The van der Waals surface area contributed by atoms with Gasteiger partial charge in [0.2, 0.25) is 0 Å². The fraction of sp³-hybridized carbons (Fsp3) is 0.817. The van der Waals surface area contributed by atoms with E-state index in [9.17, 15) is 14.4 Å². The fourth-order valence-corrected chi connectivity index (χ4v) is 8.21. The quantitative estimate of drug-likeness (QED) is 0.0262. The van der Waals surface area contributed by atoms with Crippen molar-refractivity contribution in [2.45, 2.75) is 303 Å². The molecule has 0 heterocycles. The van der Waals surface area contributed by atoms with E-state index in [1.54, 1.807) is 0 Å². The average Bonchev–Trinajstić information content (AvgIpc) is 3.31. The number of hydrogen-bond acceptors (Lipinski definition) is 6. The molecule has 384 valence electrons. The highest BCUT2D eigenvalue weighted by Gasteiger charge is 2.19. The van der Waals surface area contributed by atoms with E-state index in [1.807, 2.05) is 0 Å². The van der Waals surface area contributed by atoms with Crippen LogP contribution in [-0.4, -0.2) is 37.2 Å². The zero-order valence-corrected chi connectivity index (χ0v) is 44.0. The molecule has 1 atom stereocenters. The van der Waals surface area contributed by atoms with Crippen molar-refractivity contribution < 1.29 is 28.6 Å². The van der Waals surface area contributed by atoms with Gasteiger partial charge in [-0.05, 0) is 83.5 Å². The topological polar surface area (TPSA) is 78.9 Å². The molecule has 0 unspecified atom stereocenters. The lowest BCUT2D eigenvalue weighted by Crippen LogP contribution is -2.30. The summed E-state index contributed by atoms with van der Waals surface area (Å²) in [5.74, 6) is -0.917. The van der Waals surface area contributed by atoms with Crippen LogP contribution in [-0.2, 0) is 28.6 Å². The van der Waals surface area contributed by atoms with Crippen molar-refractivity contribution in [1.82, 2.24) is 0 Å². The third-order valence-electron chi connectivity index (χ3n) is 12.6. The predicted octanol–water partition coefficient (Wildman–Crippen LogP) is 19.0. The summed E-state index contributed by atoms with van der Waals surface area (Å²) in [6.45, 7) is 6.61. The Bertz CT molecular complexity index is 1150. The Morgan fingerprint density at radius 3 is 0.924 bits per heavy atom. The number of carbonyl (C=O) groups excluding carboxylic acids is 3. The molecule has 0 N–H and O–H groups in total. The molecule has 0 bridgehead atoms. The summed E-state index contributed by atoms with van der Waals surface area (Å²) < 4.78 is 16.8. The molecule has 0 saturated heterocycles. The molecule has 6 heteroatoms. The second-order valence-corrected chi connectivity index (χ2v) is 19.2. The molecule has 0 aromatic rings. The summed E-state index contributed by atoms with van der Waals surface area (Å²) >= 11 is 0. The summed E-state index contributed by atoms with van der Waals surface area (Å²) in [7, 11) is 0. The lowest BCUT2D eigenvalue weighted by atomic mass is 10.0. The number of rotatable bonds is 52. The molecule has 66 heavy (non-hydrogen) atoms. The van der Waals surface area contributed by atoms with Crippen molar-refractivity contribution in [3.63, 3.8) is 0 Å². The van der Waals surface area contributed by atoms with E-state index in [1.165, 1.54) is 186 Å². The number of unbranched alkanes of at least 4 members (excludes halogenated alkanes) is 33. The van der Waals surface area contributed by atoms with Crippen LogP contribution >= 0.6 is 0 Å². The first-order chi connectivity index (χ1) is 32.5. The zero-order valence-electron chi connectivity index (χ0n) is 44.0. The second-order valence-electron chi connectivity index (χ2n) is 19.2. The fourth-order valence-electron chi connectivity index (χ4n) is 8.21. The van der Waals surface area contributed by atoms with E-state index < -0.39 is 6.10 Å². The Balaban J connectivity index is 4.39. The third-order valence-corrected chi connectivity index (χ3v) is 12.6. The van der Waals surface area contributed by atoms with Crippen molar-refractivity contribution in [2.24, 2.45) is 0 Å². The molecule has 0 aromatic heterocycles. The van der Waals surface area contributed by atoms with E-state index in [2.05, 4.69) is 69.4 Å². The Kier molecular flexibility index (Phi) is 52.8. The van der Waals surface area contributed by atoms with Crippen LogP contribution in [0.2, 0.25) is 0 Å². The van der Waals surface area contributed by atoms with Crippen molar-refractivity contribution >= 4 is 17.9 Å². The molecule has 0 fully saturated rings. The highest BCUT2D eigenvalue weighted by molar-refractivity contribution is 5.71. The molecule has 6 nitrogen and oxygen atoms in total. The standard InChI is InChI=1S/C60H108O6/c1-4-7-10-13-16-19-22-25-28-29-30-31-33-35-38-41-44-47-50-53-59(62)65-56-57(55-64-58(61)52-49-46-43-40-37-34-27-24-21-18-15-12-9-6-3)66-60(63)54-51-48-45-42-39-36-32-26-23-20-17-14-11-8-5-2/h17,20,26,29-30,32,39,42,57H,4-16,18-19,21-25,27-28,31,33-38,40-41,43-56H2,1-3H3/b20-17-,30-29-,32-26-,42-39-/t57-/m1/s1. The number of hydrogen-bond donors (Lipinski definition) is 0. The minimum Gasteiger partial charge on any atom is -0.462 e. The molecule has 0 radical (unpaired) electrons. The molecular formula is C60H108O6. The maximum absolute atomic E-state index is 12.8. The van der Waals surface area contributed by atoms with E-state index in [4.69, 9.17) is 14.2 Å². The van der Waals surface area contributed by atoms with Gasteiger partial charge in [-0.2, -0.15) is 0 Å². The van der Waals surface area contributed by atoms with Crippen LogP contribution in [0.5, 0.6) is 0 Å². The van der Waals surface area contributed by atoms with Gasteiger partial charge in [0.1, 0.15) is 13.2 Å². The largest absolute Gasteiger partial charge is 0.462 e. The number of carbonyl (C=O) groups is 3. The van der Waals surface area contributed by atoms with Gasteiger partial charge in [-0.3, -0.25) is 14.4 Å². The molecule has 0 saturated carbocycles. The Morgan fingerprint density at radius 2 is 0.545 bits per heavy atom. The first-order valence-corrected chi connectivity index (χ1v) is 28.6. The third kappa shape index (κ3) is 52.3. The minimum absolute atomic E-state index is 0.0869. The van der Waals surface area contributed by atoms with E-state index in [-0.39, 0.29) is 37.5 Å². The van der Waals surface area contributed by atoms with Gasteiger partial charge in [-0.15, -0.1) is 0 Å². The SMILES string of the molecule is CCCCC/C=C\C/C=C\C/C=C\CCCCC(=O)O[C@@H](COC(=O)CCCCCCCCC/C=C\CCCCCCCCCC)COC(=O)CCCCCCCCCCCCCCCC. The first kappa shape index (κ1) is 63.4. The summed E-state index contributed by atoms with van der Waals surface area (Å²) in [6.07, 6.45) is 66.7. The van der Waals surface area contributed by atoms with Crippen LogP contribution in [0.1, 0.15) is 297 Å². The molecule has 0 amide bonds. The number of ether oxygens (including phenoxy) is 3. The normalized spacial score (nSPS) is 12.3. The van der Waals surface area contributed by atoms with Crippen LogP contribution in [0, 0.1) is 0 Å². The lowest BCUT2D eigenvalue weighted by Gasteiger charge is -2.18. The van der Waals surface area contributed by atoms with Gasteiger partial charge < -0.3 is 14.2 Å². The molecular weight excluding hydrogens is 817 g/mol. The zero-order chi connectivity index (χ0) is 47.9. The summed E-state index contributed by atoms with van der Waals surface area (Å²) in [5, 5.41) is 0. The van der Waals surface area contributed by atoms with Gasteiger partial charge in [-0.25, -0.2) is 0 Å². The smallest absolute Gasteiger partial charge is 0.306 e. The monoisotopic (exact) mass is 925 g/mol. The number of esters is 3. The van der Waals surface area contributed by atoms with Crippen molar-refractivity contribution in [1.29, 1.82) is 0 Å². The highest BCUT2D eigenvalue weighted by Crippen LogP contribution is 2.16. The molecule has 0 aliphatic rings. The van der Waals surface area contributed by atoms with Gasteiger partial charge in [-0.1, -0.05) is 243 Å². The predicted molar refractivity (Wildman–Crippen MR) is 284 cm³/mol. The summed E-state index contributed by atoms with van der Waals surface area (Å²) in [5.41, 5.74) is 0. The maximum Gasteiger partial charge on any atom is 0.306 e. The molecule has 0 aromatic carbocycles. The van der Waals surface area contributed by atoms with E-state index >= 15 is 0 Å². The van der Waals surface area contributed by atoms with Gasteiger partial charge in [0.05, 0.1) is 0 Å². The van der Waals surface area contributed by atoms with E-state index in [0.29, 0.717) is 19.3 Å². The molecule has 0 aliphatic carbocycles. The highest BCUT2D eigenvalue weighted by atomic mass is 16.6. The van der Waals surface area contributed by atoms with Gasteiger partial charge in [0.25, 0.3) is 0 Å². The molecule has 0 aliphatic heterocycles. The first-order valence-electron chi connectivity index (χ1n) is 28.6. The second kappa shape index (κ2) is 55.0. The van der Waals surface area contributed by atoms with Crippen LogP contribution in [0.15, 0.2) is 48.6 Å². The Morgan fingerprint density at radius 1 is 0.303 bits per heavy atom. The van der Waals surface area contributed by atoms with Crippen LogP contribution in [0.3, 0.4) is 0 Å². The van der Waals surface area contributed by atoms with Gasteiger partial charge in [0.15, 0.2) is 6.10 Å². The van der Waals surface area contributed by atoms with E-state index in [0.717, 1.165) is 64.2 Å². The van der Waals surface area contributed by atoms with Crippen molar-refractivity contribution in [3.8, 4) is 0 Å². The van der Waals surface area contributed by atoms with Gasteiger partial charge >= 0.3 is 17.9 Å². The number of allylic oxidation sites excluding steroid dienone is 8. The van der Waals surface area contributed by atoms with Crippen LogP contribution in [0.25, 0.3) is 0 Å². The molecule has 0 rings (SSSR count). The van der Waals surface area contributed by atoms with Crippen LogP contribution in [0.4, 0.5) is 0 Å². The van der Waals surface area contributed by atoms with Crippen molar-refractivity contribution in [2.75, 3.05) is 13.2 Å². The Labute approximate surface area is 409 Å². The maximum atomic E-state index is 12.8. The van der Waals surface area contributed by atoms with Crippen LogP contribution < -0.4 is 0 Å². The minimum atomic E-state index is -0.792. The van der Waals surface area contributed by atoms with Gasteiger partial charge in [0, 0.05) is 19.3 Å². The summed E-state index contributed by atoms with van der Waals surface area (Å²) in [6, 6.07) is 0. The van der Waals surface area contributed by atoms with Crippen molar-refractivity contribution in [3.05, 3.63) is 48.6 Å². The lowest BCUT2D eigenvalue weighted by molar-refractivity contribution is -0.167.